The van der Waals surface area contributed by atoms with Crippen LogP contribution >= 0.6 is 11.8 Å². The van der Waals surface area contributed by atoms with E-state index < -0.39 is 0 Å². The van der Waals surface area contributed by atoms with Crippen LogP contribution in [0.2, 0.25) is 0 Å². The second-order valence-corrected chi connectivity index (χ2v) is 8.16. The maximum absolute atomic E-state index is 5.88. The molecule has 0 saturated heterocycles. The Morgan fingerprint density at radius 1 is 1.23 bits per heavy atom. The number of ether oxygens (including phenoxy) is 3. The Balaban J connectivity index is 1.60. The minimum absolute atomic E-state index is 0.0581. The number of nitrogens with zero attached hydrogens (tertiary/aromatic N) is 1. The number of rotatable bonds is 5. The van der Waals surface area contributed by atoms with Crippen LogP contribution in [-0.2, 0) is 6.42 Å². The minimum atomic E-state index is 0.0581. The topological polar surface area (TPSA) is 52.1 Å². The second kappa shape index (κ2) is 9.82. The molecule has 1 N–H and O–H groups in total. The van der Waals surface area contributed by atoms with Gasteiger partial charge in [-0.15, -0.1) is 0 Å². The predicted molar refractivity (Wildman–Crippen MR) is 122 cm³/mol. The number of benzene rings is 2. The van der Waals surface area contributed by atoms with Crippen molar-refractivity contribution in [3.63, 3.8) is 0 Å². The molecule has 2 aliphatic rings. The maximum atomic E-state index is 5.88. The molecule has 2 aromatic carbocycles. The number of hydrogen-bond acceptors (Lipinski definition) is 6. The lowest BCUT2D eigenvalue weighted by Crippen LogP contribution is -2.27. The molecule has 2 aromatic rings. The summed E-state index contributed by atoms with van der Waals surface area (Å²) in [5.41, 5.74) is 3.38. The zero-order valence-electron chi connectivity index (χ0n) is 17.4. The van der Waals surface area contributed by atoms with Crippen molar-refractivity contribution >= 4 is 16.9 Å². The van der Waals surface area contributed by atoms with E-state index in [4.69, 9.17) is 14.2 Å². The molecule has 5 nitrogen and oxygen atoms in total. The monoisotopic (exact) mass is 422 g/mol. The van der Waals surface area contributed by atoms with E-state index in [9.17, 15) is 0 Å². The number of methoxy groups -OCH3 is 2. The number of aliphatic imine (C=N–C) groups is 1. The molecular weight excluding hydrogens is 396 g/mol. The lowest BCUT2D eigenvalue weighted by Gasteiger charge is -2.25. The summed E-state index contributed by atoms with van der Waals surface area (Å²) in [6, 6.07) is 12.1. The standard InChI is InChI=1S/C24H26N2O3S/c1-27-18-12-11-17(23(16-18)28-2)6-3-9-21(26-24-25-13-15-30-24)19-7-4-10-22-20(19)8-5-14-29-22/h4,7,10-12,16,21H,5,8-9,13-15H2,1-2H3,(H,25,26). The summed E-state index contributed by atoms with van der Waals surface area (Å²) in [6.07, 6.45) is 2.73. The van der Waals surface area contributed by atoms with E-state index in [-0.39, 0.29) is 6.04 Å². The van der Waals surface area contributed by atoms with Crippen LogP contribution in [0, 0.1) is 11.8 Å². The lowest BCUT2D eigenvalue weighted by atomic mass is 9.93. The summed E-state index contributed by atoms with van der Waals surface area (Å²) in [5, 5.41) is 4.62. The van der Waals surface area contributed by atoms with Gasteiger partial charge < -0.3 is 19.5 Å². The Morgan fingerprint density at radius 3 is 2.97 bits per heavy atom. The zero-order valence-corrected chi connectivity index (χ0v) is 18.2. The van der Waals surface area contributed by atoms with Crippen molar-refractivity contribution in [2.45, 2.75) is 25.3 Å². The fraction of sp³-hybridized carbons (Fsp3) is 0.375. The van der Waals surface area contributed by atoms with Crippen LogP contribution in [0.5, 0.6) is 17.2 Å². The highest BCUT2D eigenvalue weighted by Gasteiger charge is 2.22. The number of thioether (sulfide) groups is 1. The molecule has 1 atom stereocenters. The molecule has 0 aromatic heterocycles. The third kappa shape index (κ3) is 4.68. The molecule has 2 heterocycles. The molecule has 1 unspecified atom stereocenters. The SMILES string of the molecule is COc1ccc(C#CCC(NC2=NCCS2)c2cccc3c2CCCO3)c(OC)c1. The molecule has 30 heavy (non-hydrogen) atoms. The van der Waals surface area contributed by atoms with Gasteiger partial charge in [0.25, 0.3) is 0 Å². The number of fused-ring (bicyclic) bond motifs is 1. The first-order valence-electron chi connectivity index (χ1n) is 10.2. The van der Waals surface area contributed by atoms with Gasteiger partial charge in [-0.2, -0.15) is 0 Å². The van der Waals surface area contributed by atoms with E-state index in [1.165, 1.54) is 11.1 Å². The van der Waals surface area contributed by atoms with E-state index in [2.05, 4.69) is 40.3 Å². The molecule has 0 spiro atoms. The van der Waals surface area contributed by atoms with Gasteiger partial charge in [-0.3, -0.25) is 4.99 Å². The van der Waals surface area contributed by atoms with Gasteiger partial charge in [0.05, 0.1) is 39.0 Å². The molecule has 0 aliphatic carbocycles. The summed E-state index contributed by atoms with van der Waals surface area (Å²) in [4.78, 5) is 4.58. The van der Waals surface area contributed by atoms with Crippen molar-refractivity contribution in [1.82, 2.24) is 5.32 Å². The van der Waals surface area contributed by atoms with Gasteiger partial charge in [-0.25, -0.2) is 0 Å². The predicted octanol–water partition coefficient (Wildman–Crippen LogP) is 4.20. The third-order valence-electron chi connectivity index (χ3n) is 5.19. The van der Waals surface area contributed by atoms with Gasteiger partial charge in [0.15, 0.2) is 5.17 Å². The normalized spacial score (nSPS) is 15.7. The fourth-order valence-electron chi connectivity index (χ4n) is 3.70. The van der Waals surface area contributed by atoms with Crippen molar-refractivity contribution < 1.29 is 14.2 Å². The van der Waals surface area contributed by atoms with E-state index in [0.29, 0.717) is 12.2 Å². The van der Waals surface area contributed by atoms with Gasteiger partial charge >= 0.3 is 0 Å². The smallest absolute Gasteiger partial charge is 0.157 e. The highest BCUT2D eigenvalue weighted by Crippen LogP contribution is 2.33. The number of amidine groups is 1. The van der Waals surface area contributed by atoms with Crippen molar-refractivity contribution in [2.75, 3.05) is 33.1 Å². The fourth-order valence-corrected chi connectivity index (χ4v) is 4.49. The Hall–Kier alpha value is -2.78. The Kier molecular flexibility index (Phi) is 6.70. The number of nitrogens with one attached hydrogen (secondary N) is 1. The van der Waals surface area contributed by atoms with Crippen LogP contribution < -0.4 is 19.5 Å². The van der Waals surface area contributed by atoms with Gasteiger partial charge in [-0.1, -0.05) is 35.7 Å². The average molecular weight is 423 g/mol. The van der Waals surface area contributed by atoms with Crippen LogP contribution in [0.25, 0.3) is 0 Å². The first-order chi connectivity index (χ1) is 14.8. The van der Waals surface area contributed by atoms with Crippen LogP contribution in [0.4, 0.5) is 0 Å². The van der Waals surface area contributed by atoms with E-state index in [1.807, 2.05) is 18.2 Å². The Bertz CT molecular complexity index is 994. The first-order valence-corrected chi connectivity index (χ1v) is 11.2. The molecule has 0 radical (unpaired) electrons. The maximum Gasteiger partial charge on any atom is 0.157 e. The first kappa shape index (κ1) is 20.5. The van der Waals surface area contributed by atoms with E-state index in [1.54, 1.807) is 26.0 Å². The summed E-state index contributed by atoms with van der Waals surface area (Å²) < 4.78 is 16.6. The summed E-state index contributed by atoms with van der Waals surface area (Å²) in [7, 11) is 3.29. The Labute approximate surface area is 182 Å². The van der Waals surface area contributed by atoms with Gasteiger partial charge in [0.2, 0.25) is 0 Å². The molecule has 2 aliphatic heterocycles. The van der Waals surface area contributed by atoms with E-state index >= 15 is 0 Å². The lowest BCUT2D eigenvalue weighted by molar-refractivity contribution is 0.287. The summed E-state index contributed by atoms with van der Waals surface area (Å²) in [6.45, 7) is 1.65. The molecule has 0 amide bonds. The third-order valence-corrected chi connectivity index (χ3v) is 6.10. The average Bonchev–Trinajstić information content (AvgIpc) is 3.31. The molecule has 0 fully saturated rings. The zero-order chi connectivity index (χ0) is 20.8. The second-order valence-electron chi connectivity index (χ2n) is 7.08. The van der Waals surface area contributed by atoms with Crippen molar-refractivity contribution in [2.24, 2.45) is 4.99 Å². The molecule has 0 bridgehead atoms. The van der Waals surface area contributed by atoms with Crippen LogP contribution in [0.15, 0.2) is 41.4 Å². The summed E-state index contributed by atoms with van der Waals surface area (Å²) in [5.74, 6) is 10.1. The van der Waals surface area contributed by atoms with Crippen LogP contribution in [-0.4, -0.2) is 38.3 Å². The Morgan fingerprint density at radius 2 is 2.17 bits per heavy atom. The van der Waals surface area contributed by atoms with Gasteiger partial charge in [-0.05, 0) is 42.2 Å². The molecule has 6 heteroatoms. The molecule has 156 valence electrons. The van der Waals surface area contributed by atoms with Crippen LogP contribution in [0.3, 0.4) is 0 Å². The van der Waals surface area contributed by atoms with Crippen LogP contribution in [0.1, 0.15) is 35.6 Å². The number of hydrogen-bond donors (Lipinski definition) is 1. The molecule has 0 saturated carbocycles. The highest BCUT2D eigenvalue weighted by atomic mass is 32.2. The highest BCUT2D eigenvalue weighted by molar-refractivity contribution is 8.14. The largest absolute Gasteiger partial charge is 0.497 e. The molecule has 4 rings (SSSR count). The van der Waals surface area contributed by atoms with Crippen molar-refractivity contribution in [3.05, 3.63) is 53.1 Å². The summed E-state index contributed by atoms with van der Waals surface area (Å²) >= 11 is 1.77. The van der Waals surface area contributed by atoms with E-state index in [0.717, 1.165) is 54.0 Å². The van der Waals surface area contributed by atoms with Crippen molar-refractivity contribution in [1.29, 1.82) is 0 Å². The van der Waals surface area contributed by atoms with Gasteiger partial charge in [0.1, 0.15) is 17.2 Å². The van der Waals surface area contributed by atoms with Crippen molar-refractivity contribution in [3.8, 4) is 29.1 Å². The quantitative estimate of drug-likeness (QED) is 0.732. The van der Waals surface area contributed by atoms with Gasteiger partial charge in [0, 0.05) is 18.2 Å². The molecular formula is C24H26N2O3S. The minimum Gasteiger partial charge on any atom is -0.497 e.